The highest BCUT2D eigenvalue weighted by Crippen LogP contribution is 2.34. The van der Waals surface area contributed by atoms with Crippen LogP contribution in [0, 0.1) is 17.8 Å². The second-order valence-electron chi connectivity index (χ2n) is 7.06. The lowest BCUT2D eigenvalue weighted by atomic mass is 9.77. The average Bonchev–Trinajstić information content (AvgIpc) is 2.57. The molecule has 0 aromatic heterocycles. The predicted molar refractivity (Wildman–Crippen MR) is 90.8 cm³/mol. The second kappa shape index (κ2) is 8.70. The summed E-state index contributed by atoms with van der Waals surface area (Å²) in [7, 11) is 2.08. The Balaban J connectivity index is 2.05. The first-order valence-corrected chi connectivity index (χ1v) is 9.18. The largest absolute Gasteiger partial charge is 0.459 e. The van der Waals surface area contributed by atoms with E-state index in [1.54, 1.807) is 0 Å². The van der Waals surface area contributed by atoms with E-state index in [1.165, 1.54) is 6.42 Å². The van der Waals surface area contributed by atoms with Gasteiger partial charge in [0.2, 0.25) is 5.60 Å². The van der Waals surface area contributed by atoms with Gasteiger partial charge in [0.25, 0.3) is 0 Å². The molecular formula is C19H31NO3. The average molecular weight is 321 g/mol. The fourth-order valence-electron chi connectivity index (χ4n) is 3.51. The van der Waals surface area contributed by atoms with Crippen molar-refractivity contribution in [3.63, 3.8) is 0 Å². The molecule has 1 heterocycles. The van der Waals surface area contributed by atoms with Crippen molar-refractivity contribution in [1.29, 1.82) is 0 Å². The number of hydrogen-bond acceptors (Lipinski definition) is 4. The summed E-state index contributed by atoms with van der Waals surface area (Å²) in [6, 6.07) is 0. The quantitative estimate of drug-likeness (QED) is 0.639. The van der Waals surface area contributed by atoms with Gasteiger partial charge in [-0.25, -0.2) is 4.79 Å². The molecule has 0 aromatic rings. The maximum atomic E-state index is 12.7. The maximum absolute atomic E-state index is 12.7. The summed E-state index contributed by atoms with van der Waals surface area (Å²) < 4.78 is 5.67. The van der Waals surface area contributed by atoms with E-state index in [4.69, 9.17) is 4.74 Å². The Hall–Kier alpha value is -1.05. The zero-order valence-corrected chi connectivity index (χ0v) is 14.6. The number of nitrogens with zero attached hydrogens (tertiary/aromatic N) is 1. The Morgan fingerprint density at radius 1 is 1.22 bits per heavy atom. The third-order valence-electron chi connectivity index (χ3n) is 5.10. The lowest BCUT2D eigenvalue weighted by Crippen LogP contribution is -2.49. The topological polar surface area (TPSA) is 49.8 Å². The minimum atomic E-state index is -1.61. The SMILES string of the molecule is CCCC#C[C@@](O)(C(=O)OC1CCN(C)CC1)C1CCCCC1. The number of carbonyl (C=O) groups is 1. The van der Waals surface area contributed by atoms with Crippen LogP contribution in [0.5, 0.6) is 0 Å². The monoisotopic (exact) mass is 321 g/mol. The van der Waals surface area contributed by atoms with Crippen molar-refractivity contribution in [3.8, 4) is 11.8 Å². The molecule has 4 nitrogen and oxygen atoms in total. The highest BCUT2D eigenvalue weighted by atomic mass is 16.6. The summed E-state index contributed by atoms with van der Waals surface area (Å²) in [5.41, 5.74) is -1.61. The third-order valence-corrected chi connectivity index (χ3v) is 5.10. The maximum Gasteiger partial charge on any atom is 0.351 e. The van der Waals surface area contributed by atoms with Crippen LogP contribution in [0.15, 0.2) is 0 Å². The Bertz CT molecular complexity index is 439. The fourth-order valence-corrected chi connectivity index (χ4v) is 3.51. The van der Waals surface area contributed by atoms with Crippen LogP contribution in [-0.4, -0.2) is 47.8 Å². The molecule has 4 heteroatoms. The number of esters is 1. The van der Waals surface area contributed by atoms with Crippen LogP contribution in [0.25, 0.3) is 0 Å². The minimum Gasteiger partial charge on any atom is -0.459 e. The molecule has 2 fully saturated rings. The van der Waals surface area contributed by atoms with Gasteiger partial charge in [0.1, 0.15) is 6.10 Å². The van der Waals surface area contributed by atoms with Crippen LogP contribution in [-0.2, 0) is 9.53 Å². The molecular weight excluding hydrogens is 290 g/mol. The summed E-state index contributed by atoms with van der Waals surface area (Å²) in [4.78, 5) is 15.0. The Morgan fingerprint density at radius 2 is 1.87 bits per heavy atom. The normalized spacial score (nSPS) is 23.6. The van der Waals surface area contributed by atoms with Crippen molar-refractivity contribution in [3.05, 3.63) is 0 Å². The lowest BCUT2D eigenvalue weighted by Gasteiger charge is -2.35. The van der Waals surface area contributed by atoms with Gasteiger partial charge in [-0.3, -0.25) is 0 Å². The summed E-state index contributed by atoms with van der Waals surface area (Å²) >= 11 is 0. The molecule has 0 radical (unpaired) electrons. The van der Waals surface area contributed by atoms with Crippen molar-refractivity contribution >= 4 is 5.97 Å². The number of aliphatic hydroxyl groups is 1. The molecule has 1 N–H and O–H groups in total. The lowest BCUT2D eigenvalue weighted by molar-refractivity contribution is -0.173. The molecule has 2 rings (SSSR count). The summed E-state index contributed by atoms with van der Waals surface area (Å²) in [5.74, 6) is 5.28. The molecule has 130 valence electrons. The van der Waals surface area contributed by atoms with Gasteiger partial charge >= 0.3 is 5.97 Å². The van der Waals surface area contributed by atoms with E-state index >= 15 is 0 Å². The van der Waals surface area contributed by atoms with Crippen molar-refractivity contribution < 1.29 is 14.6 Å². The molecule has 0 unspecified atom stereocenters. The molecule has 1 aliphatic carbocycles. The van der Waals surface area contributed by atoms with Gasteiger partial charge < -0.3 is 14.7 Å². The van der Waals surface area contributed by atoms with Crippen molar-refractivity contribution in [2.75, 3.05) is 20.1 Å². The number of piperidine rings is 1. The van der Waals surface area contributed by atoms with E-state index in [9.17, 15) is 9.90 Å². The van der Waals surface area contributed by atoms with E-state index in [0.717, 1.165) is 58.0 Å². The van der Waals surface area contributed by atoms with Gasteiger partial charge in [-0.15, -0.1) is 0 Å². The van der Waals surface area contributed by atoms with Gasteiger partial charge in [-0.05, 0) is 39.2 Å². The molecule has 0 amide bonds. The van der Waals surface area contributed by atoms with Crippen LogP contribution in [0.2, 0.25) is 0 Å². The minimum absolute atomic E-state index is 0.0817. The van der Waals surface area contributed by atoms with Crippen LogP contribution in [0.4, 0.5) is 0 Å². The summed E-state index contributed by atoms with van der Waals surface area (Å²) in [5, 5.41) is 11.1. The highest BCUT2D eigenvalue weighted by molar-refractivity contribution is 5.84. The van der Waals surface area contributed by atoms with E-state index in [1.807, 2.05) is 6.92 Å². The van der Waals surface area contributed by atoms with Crippen molar-refractivity contribution in [2.24, 2.45) is 5.92 Å². The highest BCUT2D eigenvalue weighted by Gasteiger charge is 2.45. The Morgan fingerprint density at radius 3 is 2.48 bits per heavy atom. The molecule has 0 bridgehead atoms. The number of hydrogen-bond donors (Lipinski definition) is 1. The molecule has 0 spiro atoms. The zero-order chi connectivity index (χ0) is 16.7. The standard InChI is InChI=1S/C19H31NO3/c1-3-4-8-13-19(22,16-9-6-5-7-10-16)18(21)23-17-11-14-20(2)15-12-17/h16-17,22H,3-7,9-12,14-15H2,1-2H3/t19-/m0/s1. The number of likely N-dealkylation sites (tertiary alicyclic amines) is 1. The van der Waals surface area contributed by atoms with Crippen LogP contribution >= 0.6 is 0 Å². The molecule has 23 heavy (non-hydrogen) atoms. The Kier molecular flexibility index (Phi) is 6.92. The molecule has 1 aliphatic heterocycles. The first-order chi connectivity index (χ1) is 11.1. The van der Waals surface area contributed by atoms with Gasteiger partial charge in [0, 0.05) is 25.4 Å². The van der Waals surface area contributed by atoms with E-state index < -0.39 is 11.6 Å². The number of rotatable bonds is 4. The molecule has 1 atom stereocenters. The van der Waals surface area contributed by atoms with Crippen molar-refractivity contribution in [1.82, 2.24) is 4.90 Å². The first-order valence-electron chi connectivity index (χ1n) is 9.18. The number of carbonyl (C=O) groups excluding carboxylic acids is 1. The van der Waals surface area contributed by atoms with Gasteiger partial charge in [-0.1, -0.05) is 38.0 Å². The van der Waals surface area contributed by atoms with Gasteiger partial charge in [-0.2, -0.15) is 0 Å². The molecule has 2 aliphatic rings. The van der Waals surface area contributed by atoms with E-state index in [0.29, 0.717) is 6.42 Å². The van der Waals surface area contributed by atoms with Crippen LogP contribution in [0.3, 0.4) is 0 Å². The molecule has 1 saturated heterocycles. The number of ether oxygens (including phenoxy) is 1. The van der Waals surface area contributed by atoms with Crippen molar-refractivity contribution in [2.45, 2.75) is 76.4 Å². The third kappa shape index (κ3) is 4.96. The smallest absolute Gasteiger partial charge is 0.351 e. The second-order valence-corrected chi connectivity index (χ2v) is 7.06. The zero-order valence-electron chi connectivity index (χ0n) is 14.6. The fraction of sp³-hybridized carbons (Fsp3) is 0.842. The van der Waals surface area contributed by atoms with Crippen LogP contribution < -0.4 is 0 Å². The van der Waals surface area contributed by atoms with Crippen LogP contribution in [0.1, 0.15) is 64.7 Å². The number of unbranched alkanes of at least 4 members (excludes halogenated alkanes) is 1. The van der Waals surface area contributed by atoms with E-state index in [2.05, 4.69) is 23.8 Å². The summed E-state index contributed by atoms with van der Waals surface area (Å²) in [6.07, 6.45) is 8.25. The van der Waals surface area contributed by atoms with E-state index in [-0.39, 0.29) is 12.0 Å². The molecule has 0 aromatic carbocycles. The summed E-state index contributed by atoms with van der Waals surface area (Å²) in [6.45, 7) is 3.91. The van der Waals surface area contributed by atoms with Gasteiger partial charge in [0.05, 0.1) is 0 Å². The predicted octanol–water partition coefficient (Wildman–Crippen LogP) is 2.74. The van der Waals surface area contributed by atoms with Gasteiger partial charge in [0.15, 0.2) is 0 Å². The molecule has 1 saturated carbocycles. The first kappa shape index (κ1) is 18.3. The Labute approximate surface area is 140 Å².